The summed E-state index contributed by atoms with van der Waals surface area (Å²) in [5, 5.41) is 9.60. The fourth-order valence-corrected chi connectivity index (χ4v) is 2.11. The van der Waals surface area contributed by atoms with Gasteiger partial charge in [0.15, 0.2) is 23.0 Å². The van der Waals surface area contributed by atoms with Crippen molar-refractivity contribution >= 4 is 35.0 Å². The van der Waals surface area contributed by atoms with Crippen LogP contribution in [0.4, 0.5) is 0 Å². The maximum absolute atomic E-state index is 11.8. The number of benzene rings is 1. The molecular formula is C12H12Cl2O5. The van der Waals surface area contributed by atoms with Crippen LogP contribution >= 0.6 is 23.2 Å². The van der Waals surface area contributed by atoms with Gasteiger partial charge in [-0.05, 0) is 0 Å². The highest BCUT2D eigenvalue weighted by Gasteiger charge is 2.28. The lowest BCUT2D eigenvalue weighted by atomic mass is 10.1. The van der Waals surface area contributed by atoms with E-state index in [4.69, 9.17) is 32.7 Å². The zero-order chi connectivity index (χ0) is 14.7. The molecule has 0 aliphatic rings. The lowest BCUT2D eigenvalue weighted by Gasteiger charge is -2.16. The summed E-state index contributed by atoms with van der Waals surface area (Å²) in [5.74, 6) is -1.98. The van der Waals surface area contributed by atoms with E-state index < -0.39 is 17.5 Å². The van der Waals surface area contributed by atoms with Gasteiger partial charge >= 0.3 is 5.97 Å². The van der Waals surface area contributed by atoms with Gasteiger partial charge in [0, 0.05) is 13.3 Å². The highest BCUT2D eigenvalue weighted by molar-refractivity contribution is 6.40. The molecule has 0 aromatic heterocycles. The summed E-state index contributed by atoms with van der Waals surface area (Å²) < 4.78 is 9.81. The summed E-state index contributed by atoms with van der Waals surface area (Å²) in [7, 11) is 1.28. The van der Waals surface area contributed by atoms with Gasteiger partial charge in [0.2, 0.25) is 0 Å². The molecule has 0 atom stereocenters. The Balaban J connectivity index is 3.68. The molecule has 7 heteroatoms. The van der Waals surface area contributed by atoms with Crippen LogP contribution in [0, 0.1) is 0 Å². The minimum absolute atomic E-state index is 0.0651. The van der Waals surface area contributed by atoms with Gasteiger partial charge in [-0.25, -0.2) is 0 Å². The molecule has 1 aromatic carbocycles. The Morgan fingerprint density at radius 2 is 1.79 bits per heavy atom. The molecule has 0 bridgehead atoms. The minimum Gasteiger partial charge on any atom is -0.505 e. The van der Waals surface area contributed by atoms with Crippen molar-refractivity contribution in [3.8, 4) is 17.2 Å². The number of aromatic hydroxyl groups is 1. The Kier molecular flexibility index (Phi) is 5.03. The molecule has 0 aliphatic heterocycles. The van der Waals surface area contributed by atoms with Crippen molar-refractivity contribution in [2.24, 2.45) is 0 Å². The molecule has 0 saturated heterocycles. The molecule has 0 spiro atoms. The van der Waals surface area contributed by atoms with Crippen molar-refractivity contribution in [3.63, 3.8) is 0 Å². The summed E-state index contributed by atoms with van der Waals surface area (Å²) >= 11 is 11.8. The van der Waals surface area contributed by atoms with Crippen molar-refractivity contribution in [1.82, 2.24) is 0 Å². The molecule has 1 aromatic rings. The molecule has 0 heterocycles. The number of phenolic OH excluding ortho intramolecular Hbond substituents is 1. The van der Waals surface area contributed by atoms with Gasteiger partial charge in [0.1, 0.15) is 15.6 Å². The predicted molar refractivity (Wildman–Crippen MR) is 70.6 cm³/mol. The molecule has 0 aliphatic carbocycles. The van der Waals surface area contributed by atoms with Crippen LogP contribution in [0.15, 0.2) is 0 Å². The number of Topliss-reactive ketones (excluding diaryl/α,β-unsaturated/α-hetero) is 1. The summed E-state index contributed by atoms with van der Waals surface area (Å²) in [6.45, 7) is 2.74. The van der Waals surface area contributed by atoms with E-state index >= 15 is 0 Å². The van der Waals surface area contributed by atoms with E-state index in [-0.39, 0.29) is 33.5 Å². The molecule has 5 nitrogen and oxygen atoms in total. The first-order chi connectivity index (χ1) is 8.84. The SMILES string of the molecule is CCC(=O)c1c(O)c(Cl)c(OC)c(Cl)c1OC(C)=O. The highest BCUT2D eigenvalue weighted by atomic mass is 35.5. The van der Waals surface area contributed by atoms with E-state index in [1.54, 1.807) is 6.92 Å². The molecule has 0 unspecified atom stereocenters. The topological polar surface area (TPSA) is 72.8 Å². The number of phenols is 1. The van der Waals surface area contributed by atoms with Crippen LogP contribution in [-0.2, 0) is 4.79 Å². The Bertz CT molecular complexity index is 540. The van der Waals surface area contributed by atoms with Crippen LogP contribution in [0.3, 0.4) is 0 Å². The first kappa shape index (κ1) is 15.6. The largest absolute Gasteiger partial charge is 0.505 e. The Morgan fingerprint density at radius 1 is 1.21 bits per heavy atom. The fraction of sp³-hybridized carbons (Fsp3) is 0.333. The van der Waals surface area contributed by atoms with Gasteiger partial charge in [-0.2, -0.15) is 0 Å². The zero-order valence-electron chi connectivity index (χ0n) is 10.5. The maximum Gasteiger partial charge on any atom is 0.308 e. The van der Waals surface area contributed by atoms with Crippen molar-refractivity contribution in [3.05, 3.63) is 15.6 Å². The number of hydrogen-bond acceptors (Lipinski definition) is 5. The van der Waals surface area contributed by atoms with Crippen LogP contribution in [0.2, 0.25) is 10.0 Å². The molecule has 19 heavy (non-hydrogen) atoms. The highest BCUT2D eigenvalue weighted by Crippen LogP contribution is 2.49. The second-order valence-corrected chi connectivity index (χ2v) is 4.34. The summed E-state index contributed by atoms with van der Waals surface area (Å²) in [5.41, 5.74) is -0.228. The second-order valence-electron chi connectivity index (χ2n) is 3.58. The van der Waals surface area contributed by atoms with E-state index in [1.165, 1.54) is 7.11 Å². The molecule has 0 saturated carbocycles. The molecule has 0 fully saturated rings. The Hall–Kier alpha value is -1.46. The number of esters is 1. The van der Waals surface area contributed by atoms with Gasteiger partial charge in [-0.3, -0.25) is 9.59 Å². The number of ether oxygens (including phenoxy) is 2. The minimum atomic E-state index is -0.684. The number of hydrogen-bond donors (Lipinski definition) is 1. The van der Waals surface area contributed by atoms with Gasteiger partial charge in [-0.1, -0.05) is 30.1 Å². The quantitative estimate of drug-likeness (QED) is 0.525. The van der Waals surface area contributed by atoms with E-state index in [0.717, 1.165) is 6.92 Å². The average molecular weight is 307 g/mol. The van der Waals surface area contributed by atoms with Crippen LogP contribution in [0.1, 0.15) is 30.6 Å². The van der Waals surface area contributed by atoms with Crippen molar-refractivity contribution in [1.29, 1.82) is 0 Å². The first-order valence-corrected chi connectivity index (χ1v) is 6.10. The summed E-state index contributed by atoms with van der Waals surface area (Å²) in [4.78, 5) is 22.9. The van der Waals surface area contributed by atoms with Crippen molar-refractivity contribution < 1.29 is 24.2 Å². The number of methoxy groups -OCH3 is 1. The zero-order valence-corrected chi connectivity index (χ0v) is 12.1. The van der Waals surface area contributed by atoms with Gasteiger partial charge in [-0.15, -0.1) is 0 Å². The van der Waals surface area contributed by atoms with E-state index in [1.807, 2.05) is 0 Å². The maximum atomic E-state index is 11.8. The van der Waals surface area contributed by atoms with Gasteiger partial charge in [0.05, 0.1) is 7.11 Å². The van der Waals surface area contributed by atoms with Crippen LogP contribution in [0.5, 0.6) is 17.2 Å². The average Bonchev–Trinajstić information content (AvgIpc) is 2.35. The van der Waals surface area contributed by atoms with Crippen LogP contribution in [-0.4, -0.2) is 24.0 Å². The summed E-state index contributed by atoms with van der Waals surface area (Å²) in [6, 6.07) is 0. The van der Waals surface area contributed by atoms with Gasteiger partial charge < -0.3 is 14.6 Å². The molecular weight excluding hydrogens is 295 g/mol. The number of rotatable bonds is 4. The Labute approximate surface area is 120 Å². The summed E-state index contributed by atoms with van der Waals surface area (Å²) in [6.07, 6.45) is 0.0841. The van der Waals surface area contributed by atoms with Gasteiger partial charge in [0.25, 0.3) is 0 Å². The monoisotopic (exact) mass is 306 g/mol. The normalized spacial score (nSPS) is 10.2. The molecule has 0 radical (unpaired) electrons. The number of carbonyl (C=O) groups excluding carboxylic acids is 2. The molecule has 1 rings (SSSR count). The van der Waals surface area contributed by atoms with Crippen molar-refractivity contribution in [2.75, 3.05) is 7.11 Å². The molecule has 0 amide bonds. The smallest absolute Gasteiger partial charge is 0.308 e. The van der Waals surface area contributed by atoms with Crippen molar-refractivity contribution in [2.45, 2.75) is 20.3 Å². The third kappa shape index (κ3) is 2.93. The second kappa shape index (κ2) is 6.12. The van der Waals surface area contributed by atoms with Crippen LogP contribution < -0.4 is 9.47 Å². The third-order valence-electron chi connectivity index (χ3n) is 2.32. The van der Waals surface area contributed by atoms with E-state index in [9.17, 15) is 14.7 Å². The number of ketones is 1. The predicted octanol–water partition coefficient (Wildman–Crippen LogP) is 3.23. The fourth-order valence-electron chi connectivity index (χ4n) is 1.49. The lowest BCUT2D eigenvalue weighted by Crippen LogP contribution is -2.09. The first-order valence-electron chi connectivity index (χ1n) is 5.34. The number of halogens is 2. The van der Waals surface area contributed by atoms with E-state index in [0.29, 0.717) is 0 Å². The lowest BCUT2D eigenvalue weighted by molar-refractivity contribution is -0.131. The van der Waals surface area contributed by atoms with E-state index in [2.05, 4.69) is 0 Å². The number of carbonyl (C=O) groups is 2. The standard InChI is InChI=1S/C12H12Cl2O5/c1-4-6(16)7-10(17)8(13)12(18-3)9(14)11(7)19-5(2)15/h17H,4H2,1-3H3. The third-order valence-corrected chi connectivity index (χ3v) is 3.01. The molecule has 104 valence electrons. The van der Waals surface area contributed by atoms with Crippen LogP contribution in [0.25, 0.3) is 0 Å². The Morgan fingerprint density at radius 3 is 2.21 bits per heavy atom. The molecule has 1 N–H and O–H groups in total.